The van der Waals surface area contributed by atoms with Crippen molar-refractivity contribution in [2.75, 3.05) is 19.7 Å². The number of likely N-dealkylation sites (tertiary alicyclic amines) is 1. The molecule has 1 aliphatic rings. The largest absolute Gasteiger partial charge is 0.484 e. The van der Waals surface area contributed by atoms with Crippen LogP contribution in [-0.4, -0.2) is 46.9 Å². The zero-order valence-corrected chi connectivity index (χ0v) is 17.6. The molecular weight excluding hydrogens is 440 g/mol. The third kappa shape index (κ3) is 5.60. The third-order valence-corrected chi connectivity index (χ3v) is 5.26. The Labute approximate surface area is 177 Å². The van der Waals surface area contributed by atoms with E-state index >= 15 is 0 Å². The minimum Gasteiger partial charge on any atom is -0.484 e. The van der Waals surface area contributed by atoms with E-state index in [9.17, 15) is 14.4 Å². The smallest absolute Gasteiger partial charge is 0.286 e. The molecule has 2 N–H and O–H groups in total. The number of rotatable bonds is 5. The standard InChI is InChI=1S/C20H23BrN4O4/c1-24-12-15(21)11-17(24)20(28)23-22-19(27)14-7-9-25(10-8-14)18(26)13-29-16-5-3-2-4-6-16/h2-6,11-12,14H,7-10,13H2,1H3,(H,22,27)(H,23,28). The van der Waals surface area contributed by atoms with E-state index in [1.54, 1.807) is 40.9 Å². The maximum atomic E-state index is 12.3. The zero-order chi connectivity index (χ0) is 20.8. The minimum atomic E-state index is -0.391. The van der Waals surface area contributed by atoms with Crippen molar-refractivity contribution >= 4 is 33.7 Å². The van der Waals surface area contributed by atoms with Crippen LogP contribution in [0.5, 0.6) is 5.75 Å². The number of ether oxygens (including phenoxy) is 1. The lowest BCUT2D eigenvalue weighted by Gasteiger charge is -2.31. The van der Waals surface area contributed by atoms with E-state index in [1.165, 1.54) is 0 Å². The summed E-state index contributed by atoms with van der Waals surface area (Å²) in [6.07, 6.45) is 2.83. The molecule has 0 radical (unpaired) electrons. The van der Waals surface area contributed by atoms with Crippen molar-refractivity contribution in [1.82, 2.24) is 20.3 Å². The SMILES string of the molecule is Cn1cc(Br)cc1C(=O)NNC(=O)C1CCN(C(=O)COc2ccccc2)CC1. The number of nitrogens with one attached hydrogen (secondary N) is 2. The molecule has 1 fully saturated rings. The summed E-state index contributed by atoms with van der Waals surface area (Å²) in [7, 11) is 1.75. The molecule has 1 saturated heterocycles. The van der Waals surface area contributed by atoms with Crippen molar-refractivity contribution in [1.29, 1.82) is 0 Å². The number of para-hydroxylation sites is 1. The summed E-state index contributed by atoms with van der Waals surface area (Å²) in [6, 6.07) is 10.8. The lowest BCUT2D eigenvalue weighted by Crippen LogP contribution is -2.49. The molecule has 3 rings (SSSR count). The summed E-state index contributed by atoms with van der Waals surface area (Å²) >= 11 is 3.31. The van der Waals surface area contributed by atoms with Crippen LogP contribution in [0.25, 0.3) is 0 Å². The highest BCUT2D eigenvalue weighted by atomic mass is 79.9. The molecule has 9 heteroatoms. The second-order valence-corrected chi connectivity index (χ2v) is 7.77. The number of amides is 3. The summed E-state index contributed by atoms with van der Waals surface area (Å²) in [6.45, 7) is 0.935. The van der Waals surface area contributed by atoms with Crippen LogP contribution < -0.4 is 15.6 Å². The van der Waals surface area contributed by atoms with Crippen molar-refractivity contribution in [2.24, 2.45) is 13.0 Å². The Morgan fingerprint density at radius 2 is 1.83 bits per heavy atom. The van der Waals surface area contributed by atoms with Gasteiger partial charge in [-0.15, -0.1) is 0 Å². The average Bonchev–Trinajstić information content (AvgIpc) is 3.09. The number of hydrogen-bond acceptors (Lipinski definition) is 4. The molecule has 154 valence electrons. The van der Waals surface area contributed by atoms with Crippen LogP contribution in [0.4, 0.5) is 0 Å². The number of hydrogen-bond donors (Lipinski definition) is 2. The summed E-state index contributed by atoms with van der Waals surface area (Å²) in [5, 5.41) is 0. The molecule has 0 spiro atoms. The van der Waals surface area contributed by atoms with Crippen LogP contribution in [-0.2, 0) is 16.6 Å². The first-order valence-corrected chi connectivity index (χ1v) is 10.1. The summed E-state index contributed by atoms with van der Waals surface area (Å²) < 4.78 is 7.93. The van der Waals surface area contributed by atoms with Gasteiger partial charge in [0.15, 0.2) is 6.61 Å². The van der Waals surface area contributed by atoms with Crippen molar-refractivity contribution in [2.45, 2.75) is 12.8 Å². The predicted molar refractivity (Wildman–Crippen MR) is 110 cm³/mol. The fraction of sp³-hybridized carbons (Fsp3) is 0.350. The van der Waals surface area contributed by atoms with E-state index in [1.807, 2.05) is 18.2 Å². The molecule has 8 nitrogen and oxygen atoms in total. The monoisotopic (exact) mass is 462 g/mol. The third-order valence-electron chi connectivity index (χ3n) is 4.83. The number of aromatic nitrogens is 1. The average molecular weight is 463 g/mol. The lowest BCUT2D eigenvalue weighted by molar-refractivity contribution is -0.137. The minimum absolute atomic E-state index is 0.0246. The van der Waals surface area contributed by atoms with E-state index in [0.717, 1.165) is 4.47 Å². The van der Waals surface area contributed by atoms with Crippen LogP contribution >= 0.6 is 15.9 Å². The molecule has 0 aliphatic carbocycles. The van der Waals surface area contributed by atoms with Gasteiger partial charge in [0.25, 0.3) is 11.8 Å². The summed E-state index contributed by atoms with van der Waals surface area (Å²) in [4.78, 5) is 38.5. The van der Waals surface area contributed by atoms with E-state index < -0.39 is 5.91 Å². The van der Waals surface area contributed by atoms with Crippen LogP contribution in [0.15, 0.2) is 47.1 Å². The molecule has 3 amide bonds. The Balaban J connectivity index is 1.40. The molecular formula is C20H23BrN4O4. The molecule has 1 aromatic heterocycles. The molecule has 0 unspecified atom stereocenters. The second kappa shape index (κ2) is 9.60. The van der Waals surface area contributed by atoms with Gasteiger partial charge in [-0.3, -0.25) is 25.2 Å². The maximum Gasteiger partial charge on any atom is 0.286 e. The number of carbonyl (C=O) groups excluding carboxylic acids is 3. The normalized spacial score (nSPS) is 14.3. The number of piperidine rings is 1. The van der Waals surface area contributed by atoms with Crippen molar-refractivity contribution in [3.05, 3.63) is 52.8 Å². The van der Waals surface area contributed by atoms with Gasteiger partial charge in [-0.1, -0.05) is 18.2 Å². The number of aryl methyl sites for hydroxylation is 1. The molecule has 2 heterocycles. The summed E-state index contributed by atoms with van der Waals surface area (Å²) in [5.41, 5.74) is 5.35. The Kier molecular flexibility index (Phi) is 6.92. The van der Waals surface area contributed by atoms with Gasteiger partial charge in [0.2, 0.25) is 5.91 Å². The molecule has 0 saturated carbocycles. The van der Waals surface area contributed by atoms with Crippen molar-refractivity contribution in [3.8, 4) is 5.75 Å². The Bertz CT molecular complexity index is 876. The topological polar surface area (TPSA) is 92.7 Å². The number of halogens is 1. The van der Waals surface area contributed by atoms with Gasteiger partial charge in [-0.25, -0.2) is 0 Å². The van der Waals surface area contributed by atoms with E-state index in [2.05, 4.69) is 26.8 Å². The van der Waals surface area contributed by atoms with Crippen LogP contribution in [0.3, 0.4) is 0 Å². The predicted octanol–water partition coefficient (Wildman–Crippen LogP) is 1.87. The highest BCUT2D eigenvalue weighted by Gasteiger charge is 2.28. The fourth-order valence-electron chi connectivity index (χ4n) is 3.18. The van der Waals surface area contributed by atoms with Gasteiger partial charge < -0.3 is 14.2 Å². The molecule has 0 bridgehead atoms. The molecule has 2 aromatic rings. The van der Waals surface area contributed by atoms with Gasteiger partial charge >= 0.3 is 0 Å². The highest BCUT2D eigenvalue weighted by Crippen LogP contribution is 2.18. The fourth-order valence-corrected chi connectivity index (χ4v) is 3.70. The summed E-state index contributed by atoms with van der Waals surface area (Å²) in [5.74, 6) is -0.350. The van der Waals surface area contributed by atoms with E-state index in [0.29, 0.717) is 37.4 Å². The maximum absolute atomic E-state index is 12.3. The molecule has 0 atom stereocenters. The van der Waals surface area contributed by atoms with Crippen LogP contribution in [0, 0.1) is 5.92 Å². The van der Waals surface area contributed by atoms with Gasteiger partial charge in [0, 0.05) is 36.7 Å². The van der Waals surface area contributed by atoms with Crippen molar-refractivity contribution in [3.63, 3.8) is 0 Å². The number of benzene rings is 1. The first-order valence-electron chi connectivity index (χ1n) is 9.31. The van der Waals surface area contributed by atoms with E-state index in [4.69, 9.17) is 4.74 Å². The highest BCUT2D eigenvalue weighted by molar-refractivity contribution is 9.10. The van der Waals surface area contributed by atoms with Crippen LogP contribution in [0.1, 0.15) is 23.3 Å². The number of carbonyl (C=O) groups is 3. The zero-order valence-electron chi connectivity index (χ0n) is 16.1. The number of hydrazine groups is 1. The quantitative estimate of drug-likeness (QED) is 0.663. The van der Waals surface area contributed by atoms with Gasteiger partial charge in [0.05, 0.1) is 0 Å². The lowest BCUT2D eigenvalue weighted by atomic mass is 9.96. The van der Waals surface area contributed by atoms with Gasteiger partial charge in [-0.2, -0.15) is 0 Å². The second-order valence-electron chi connectivity index (χ2n) is 6.85. The van der Waals surface area contributed by atoms with Crippen LogP contribution in [0.2, 0.25) is 0 Å². The Morgan fingerprint density at radius 1 is 1.14 bits per heavy atom. The Hall–Kier alpha value is -2.81. The molecule has 1 aliphatic heterocycles. The van der Waals surface area contributed by atoms with Gasteiger partial charge in [0.1, 0.15) is 11.4 Å². The van der Waals surface area contributed by atoms with E-state index in [-0.39, 0.29) is 24.3 Å². The first kappa shape index (κ1) is 20.9. The molecule has 29 heavy (non-hydrogen) atoms. The van der Waals surface area contributed by atoms with Crippen molar-refractivity contribution < 1.29 is 19.1 Å². The molecule has 1 aromatic carbocycles. The van der Waals surface area contributed by atoms with Gasteiger partial charge in [-0.05, 0) is 47.0 Å². The Morgan fingerprint density at radius 3 is 2.45 bits per heavy atom. The number of nitrogens with zero attached hydrogens (tertiary/aromatic N) is 2. The first-order chi connectivity index (χ1) is 13.9.